The van der Waals surface area contributed by atoms with Crippen LogP contribution in [-0.2, 0) is 5.11 Å². The second-order valence-corrected chi connectivity index (χ2v) is 5.78. The average Bonchev–Trinajstić information content (AvgIpc) is 2.49. The highest BCUT2D eigenvalue weighted by Gasteiger charge is 2.13. The van der Waals surface area contributed by atoms with E-state index in [2.05, 4.69) is 4.98 Å². The Morgan fingerprint density at radius 1 is 1.05 bits per heavy atom. The standard InChI is InChI=1S/C18H15ClNO2/c1-10-8-16-15(18(21)11(2)12(3)20-16)9-17(10)22-14-6-4-13(19)5-7-14/h4-9H,1-3H3. The molecule has 0 aliphatic rings. The molecule has 1 radical (unpaired) electrons. The molecule has 0 amide bonds. The van der Waals surface area contributed by atoms with Crippen LogP contribution in [0.1, 0.15) is 16.8 Å². The van der Waals surface area contributed by atoms with Crippen LogP contribution in [0.3, 0.4) is 0 Å². The van der Waals surface area contributed by atoms with Crippen molar-refractivity contribution in [1.29, 1.82) is 0 Å². The summed E-state index contributed by atoms with van der Waals surface area (Å²) in [7, 11) is 0. The predicted octanol–water partition coefficient (Wildman–Crippen LogP) is 5.75. The first kappa shape index (κ1) is 14.7. The lowest BCUT2D eigenvalue weighted by Gasteiger charge is -2.12. The largest absolute Gasteiger partial charge is 0.457 e. The molecule has 0 saturated carbocycles. The monoisotopic (exact) mass is 312 g/mol. The lowest BCUT2D eigenvalue weighted by molar-refractivity contribution is 0.356. The van der Waals surface area contributed by atoms with Gasteiger partial charge >= 0.3 is 0 Å². The number of aryl methyl sites for hydroxylation is 2. The summed E-state index contributed by atoms with van der Waals surface area (Å²) in [5, 5.41) is 13.6. The normalized spacial score (nSPS) is 10.9. The van der Waals surface area contributed by atoms with Gasteiger partial charge in [0, 0.05) is 16.3 Å². The zero-order valence-electron chi connectivity index (χ0n) is 12.6. The Morgan fingerprint density at radius 2 is 1.73 bits per heavy atom. The number of pyridine rings is 1. The van der Waals surface area contributed by atoms with Crippen LogP contribution < -0.4 is 4.74 Å². The van der Waals surface area contributed by atoms with E-state index in [9.17, 15) is 5.11 Å². The molecule has 0 saturated heterocycles. The summed E-state index contributed by atoms with van der Waals surface area (Å²) in [5.74, 6) is 1.33. The maximum absolute atomic E-state index is 12.4. The summed E-state index contributed by atoms with van der Waals surface area (Å²) in [4.78, 5) is 4.48. The van der Waals surface area contributed by atoms with Crippen molar-refractivity contribution in [2.75, 3.05) is 0 Å². The molecule has 2 aromatic carbocycles. The Hall–Kier alpha value is -2.26. The summed E-state index contributed by atoms with van der Waals surface area (Å²) in [5.41, 5.74) is 3.07. The van der Waals surface area contributed by atoms with Gasteiger partial charge in [0.05, 0.1) is 10.9 Å². The summed E-state index contributed by atoms with van der Waals surface area (Å²) in [6.07, 6.45) is 0. The summed E-state index contributed by atoms with van der Waals surface area (Å²) < 4.78 is 5.87. The van der Waals surface area contributed by atoms with Crippen molar-refractivity contribution < 1.29 is 9.84 Å². The van der Waals surface area contributed by atoms with Gasteiger partial charge in [-0.15, -0.1) is 0 Å². The number of hydrogen-bond donors (Lipinski definition) is 0. The lowest BCUT2D eigenvalue weighted by atomic mass is 10.1. The minimum atomic E-state index is 0.00320. The molecular formula is C18H15ClNO2. The topological polar surface area (TPSA) is 42.0 Å². The van der Waals surface area contributed by atoms with Crippen molar-refractivity contribution in [3.05, 3.63) is 58.2 Å². The highest BCUT2D eigenvalue weighted by molar-refractivity contribution is 6.30. The first-order valence-corrected chi connectivity index (χ1v) is 7.35. The number of rotatable bonds is 2. The minimum Gasteiger partial charge on any atom is -0.457 e. The smallest absolute Gasteiger partial charge is 0.192 e. The van der Waals surface area contributed by atoms with Crippen LogP contribution in [0.4, 0.5) is 0 Å². The molecule has 0 unspecified atom stereocenters. The zero-order chi connectivity index (χ0) is 15.9. The zero-order valence-corrected chi connectivity index (χ0v) is 13.4. The fourth-order valence-electron chi connectivity index (χ4n) is 2.32. The first-order valence-electron chi connectivity index (χ1n) is 6.97. The van der Waals surface area contributed by atoms with Crippen LogP contribution in [0.5, 0.6) is 17.2 Å². The van der Waals surface area contributed by atoms with Gasteiger partial charge in [0.2, 0.25) is 0 Å². The van der Waals surface area contributed by atoms with E-state index < -0.39 is 0 Å². The fourth-order valence-corrected chi connectivity index (χ4v) is 2.44. The number of benzene rings is 2. The highest BCUT2D eigenvalue weighted by Crippen LogP contribution is 2.35. The van der Waals surface area contributed by atoms with Crippen molar-refractivity contribution in [2.45, 2.75) is 20.8 Å². The van der Waals surface area contributed by atoms with Crippen molar-refractivity contribution in [1.82, 2.24) is 4.98 Å². The van der Waals surface area contributed by atoms with Crippen LogP contribution in [0.25, 0.3) is 10.9 Å². The molecule has 0 atom stereocenters. The van der Waals surface area contributed by atoms with Crippen LogP contribution >= 0.6 is 11.6 Å². The molecule has 0 bridgehead atoms. The fraction of sp³-hybridized carbons (Fsp3) is 0.167. The summed E-state index contributed by atoms with van der Waals surface area (Å²) >= 11 is 5.87. The Bertz CT molecular complexity index is 857. The molecule has 0 spiro atoms. The van der Waals surface area contributed by atoms with Gasteiger partial charge in [-0.3, -0.25) is 10.1 Å². The molecule has 1 aromatic heterocycles. The maximum Gasteiger partial charge on any atom is 0.192 e. The number of nitrogens with zero attached hydrogens (tertiary/aromatic N) is 1. The van der Waals surface area contributed by atoms with Gasteiger partial charge in [-0.05, 0) is 62.7 Å². The van der Waals surface area contributed by atoms with E-state index in [1.165, 1.54) is 0 Å². The molecule has 3 rings (SSSR count). The van der Waals surface area contributed by atoms with E-state index in [1.54, 1.807) is 37.3 Å². The van der Waals surface area contributed by atoms with E-state index in [0.717, 1.165) is 11.3 Å². The van der Waals surface area contributed by atoms with Gasteiger partial charge in [-0.25, -0.2) is 0 Å². The van der Waals surface area contributed by atoms with Crippen molar-refractivity contribution in [2.24, 2.45) is 0 Å². The van der Waals surface area contributed by atoms with E-state index in [-0.39, 0.29) is 5.75 Å². The molecule has 111 valence electrons. The van der Waals surface area contributed by atoms with Crippen molar-refractivity contribution >= 4 is 22.5 Å². The van der Waals surface area contributed by atoms with Gasteiger partial charge in [0.1, 0.15) is 11.5 Å². The molecule has 0 N–H and O–H groups in total. The Kier molecular flexibility index (Phi) is 3.67. The van der Waals surface area contributed by atoms with Gasteiger partial charge in [-0.1, -0.05) is 11.6 Å². The second-order valence-electron chi connectivity index (χ2n) is 5.34. The van der Waals surface area contributed by atoms with Crippen LogP contribution in [0.2, 0.25) is 5.02 Å². The van der Waals surface area contributed by atoms with E-state index >= 15 is 0 Å². The third kappa shape index (κ3) is 2.60. The van der Waals surface area contributed by atoms with Crippen LogP contribution in [0.15, 0.2) is 36.4 Å². The predicted molar refractivity (Wildman–Crippen MR) is 87.6 cm³/mol. The van der Waals surface area contributed by atoms with E-state index in [0.29, 0.717) is 33.0 Å². The number of hydrogen-bond acceptors (Lipinski definition) is 2. The molecule has 1 heterocycles. The third-order valence-electron chi connectivity index (χ3n) is 3.75. The first-order chi connectivity index (χ1) is 10.5. The number of aromatic nitrogens is 1. The number of ether oxygens (including phenoxy) is 1. The molecule has 0 aliphatic heterocycles. The van der Waals surface area contributed by atoms with Gasteiger partial charge in [0.15, 0.2) is 5.75 Å². The third-order valence-corrected chi connectivity index (χ3v) is 4.00. The SMILES string of the molecule is Cc1cc2nc(C)c(C)c([O])c2cc1Oc1ccc(Cl)cc1. The van der Waals surface area contributed by atoms with E-state index in [1.807, 2.05) is 19.9 Å². The molecule has 22 heavy (non-hydrogen) atoms. The van der Waals surface area contributed by atoms with Crippen molar-refractivity contribution in [3.8, 4) is 17.2 Å². The van der Waals surface area contributed by atoms with Gasteiger partial charge in [0.25, 0.3) is 0 Å². The Labute approximate surface area is 134 Å². The van der Waals surface area contributed by atoms with E-state index in [4.69, 9.17) is 16.3 Å². The quantitative estimate of drug-likeness (QED) is 0.604. The minimum absolute atomic E-state index is 0.00320. The summed E-state index contributed by atoms with van der Waals surface area (Å²) in [6.45, 7) is 5.58. The highest BCUT2D eigenvalue weighted by atomic mass is 35.5. The Balaban J connectivity index is 2.10. The summed E-state index contributed by atoms with van der Waals surface area (Å²) in [6, 6.07) is 10.8. The lowest BCUT2D eigenvalue weighted by Crippen LogP contribution is -1.93. The molecule has 3 nitrogen and oxygen atoms in total. The molecular weight excluding hydrogens is 298 g/mol. The average molecular weight is 313 g/mol. The van der Waals surface area contributed by atoms with Gasteiger partial charge < -0.3 is 4.74 Å². The molecule has 0 aliphatic carbocycles. The number of halogens is 1. The Morgan fingerprint density at radius 3 is 2.41 bits per heavy atom. The van der Waals surface area contributed by atoms with Crippen LogP contribution in [0, 0.1) is 20.8 Å². The maximum atomic E-state index is 12.4. The molecule has 3 aromatic rings. The number of fused-ring (bicyclic) bond motifs is 1. The van der Waals surface area contributed by atoms with Crippen LogP contribution in [-0.4, -0.2) is 4.98 Å². The molecule has 0 fully saturated rings. The van der Waals surface area contributed by atoms with Gasteiger partial charge in [-0.2, -0.15) is 0 Å². The second kappa shape index (κ2) is 5.50. The molecule has 4 heteroatoms. The van der Waals surface area contributed by atoms with Crippen molar-refractivity contribution in [3.63, 3.8) is 0 Å².